The van der Waals surface area contributed by atoms with Crippen LogP contribution in [-0.4, -0.2) is 21.6 Å². The van der Waals surface area contributed by atoms with Crippen LogP contribution in [0.1, 0.15) is 37.6 Å². The van der Waals surface area contributed by atoms with Gasteiger partial charge in [-0.1, -0.05) is 6.07 Å². The number of nitrogens with zero attached hydrogens (tertiary/aromatic N) is 2. The summed E-state index contributed by atoms with van der Waals surface area (Å²) in [5, 5.41) is 9.78. The fourth-order valence-electron chi connectivity index (χ4n) is 2.93. The molecule has 0 saturated carbocycles. The number of aromatic nitrogens is 2. The lowest BCUT2D eigenvalue weighted by molar-refractivity contribution is -0.119. The van der Waals surface area contributed by atoms with E-state index in [-0.39, 0.29) is 17.4 Å². The van der Waals surface area contributed by atoms with Crippen LogP contribution in [0.2, 0.25) is 0 Å². The molecule has 1 unspecified atom stereocenters. The molecule has 1 atom stereocenters. The lowest BCUT2D eigenvalue weighted by Gasteiger charge is -2.15. The number of aryl methyl sites for hydroxylation is 2. The van der Waals surface area contributed by atoms with Crippen LogP contribution in [0.25, 0.3) is 0 Å². The summed E-state index contributed by atoms with van der Waals surface area (Å²) in [5.74, 6) is -0.529. The second kappa shape index (κ2) is 6.88. The van der Waals surface area contributed by atoms with E-state index in [9.17, 15) is 14.4 Å². The van der Waals surface area contributed by atoms with Crippen molar-refractivity contribution in [2.24, 2.45) is 0 Å². The minimum absolute atomic E-state index is 0.189. The summed E-state index contributed by atoms with van der Waals surface area (Å²) in [6.45, 7) is 3.06. The molecule has 1 aliphatic carbocycles. The maximum Gasteiger partial charge on any atom is 0.267 e. The summed E-state index contributed by atoms with van der Waals surface area (Å²) in [5.41, 5.74) is 2.74. The molecular weight excluding hydrogens is 320 g/mol. The molecule has 2 aromatic rings. The van der Waals surface area contributed by atoms with Crippen molar-refractivity contribution in [3.8, 4) is 0 Å². The van der Waals surface area contributed by atoms with E-state index in [1.54, 1.807) is 37.3 Å². The van der Waals surface area contributed by atoms with Crippen molar-refractivity contribution in [1.29, 1.82) is 0 Å². The van der Waals surface area contributed by atoms with Crippen LogP contribution >= 0.6 is 0 Å². The Bertz CT molecular complexity index is 888. The Hall–Kier alpha value is -2.96. The zero-order chi connectivity index (χ0) is 18.0. The molecule has 0 saturated heterocycles. The van der Waals surface area contributed by atoms with E-state index in [2.05, 4.69) is 15.7 Å². The molecule has 1 aliphatic rings. The number of carbonyl (C=O) groups excluding carboxylic acids is 2. The highest BCUT2D eigenvalue weighted by molar-refractivity contribution is 5.95. The van der Waals surface area contributed by atoms with E-state index in [4.69, 9.17) is 0 Å². The van der Waals surface area contributed by atoms with Gasteiger partial charge in [0.25, 0.3) is 5.56 Å². The molecule has 0 spiro atoms. The van der Waals surface area contributed by atoms with Gasteiger partial charge in [-0.2, -0.15) is 5.10 Å². The monoisotopic (exact) mass is 340 g/mol. The molecule has 0 aliphatic heterocycles. The Kier molecular flexibility index (Phi) is 4.65. The van der Waals surface area contributed by atoms with Crippen LogP contribution < -0.4 is 16.2 Å². The van der Waals surface area contributed by atoms with Crippen molar-refractivity contribution < 1.29 is 9.59 Å². The Balaban J connectivity index is 1.77. The van der Waals surface area contributed by atoms with Crippen molar-refractivity contribution in [2.45, 2.75) is 39.2 Å². The number of benzene rings is 1. The highest BCUT2D eigenvalue weighted by atomic mass is 16.2. The maximum absolute atomic E-state index is 12.5. The molecule has 130 valence electrons. The fraction of sp³-hybridized carbons (Fsp3) is 0.333. The molecule has 0 bridgehead atoms. The molecule has 7 nitrogen and oxygen atoms in total. The average Bonchev–Trinajstić information content (AvgIpc) is 3.00. The minimum Gasteiger partial charge on any atom is -0.326 e. The number of hydrogen-bond donors (Lipinski definition) is 2. The van der Waals surface area contributed by atoms with Crippen molar-refractivity contribution in [3.05, 3.63) is 51.9 Å². The van der Waals surface area contributed by atoms with E-state index in [1.807, 2.05) is 0 Å². The summed E-state index contributed by atoms with van der Waals surface area (Å²) in [6, 6.07) is 7.68. The molecule has 1 heterocycles. The number of fused-ring (bicyclic) bond motifs is 1. The summed E-state index contributed by atoms with van der Waals surface area (Å²) in [4.78, 5) is 35.9. The second-order valence-electron chi connectivity index (χ2n) is 6.18. The molecule has 3 rings (SSSR count). The van der Waals surface area contributed by atoms with Gasteiger partial charge >= 0.3 is 0 Å². The van der Waals surface area contributed by atoms with Crippen LogP contribution in [0.5, 0.6) is 0 Å². The van der Waals surface area contributed by atoms with Gasteiger partial charge in [0.1, 0.15) is 6.04 Å². The molecule has 2 N–H and O–H groups in total. The second-order valence-corrected chi connectivity index (χ2v) is 6.18. The van der Waals surface area contributed by atoms with Crippen LogP contribution in [0.3, 0.4) is 0 Å². The normalized spacial score (nSPS) is 13.8. The molecule has 1 aromatic carbocycles. The number of hydrogen-bond acceptors (Lipinski definition) is 4. The zero-order valence-electron chi connectivity index (χ0n) is 14.2. The smallest absolute Gasteiger partial charge is 0.267 e. The zero-order valence-corrected chi connectivity index (χ0v) is 14.2. The number of rotatable bonds is 4. The third-order valence-corrected chi connectivity index (χ3v) is 4.18. The SMILES string of the molecule is CC(=O)Nc1cccc(NC(=O)C(C)n2nc3c(cc2=O)CCC3)c1. The maximum atomic E-state index is 12.5. The van der Waals surface area contributed by atoms with Gasteiger partial charge in [-0.25, -0.2) is 4.68 Å². The topological polar surface area (TPSA) is 93.1 Å². The first-order valence-corrected chi connectivity index (χ1v) is 8.24. The van der Waals surface area contributed by atoms with Gasteiger partial charge < -0.3 is 10.6 Å². The van der Waals surface area contributed by atoms with Crippen LogP contribution in [0, 0.1) is 0 Å². The van der Waals surface area contributed by atoms with E-state index in [1.165, 1.54) is 11.6 Å². The largest absolute Gasteiger partial charge is 0.326 e. The van der Waals surface area contributed by atoms with Crippen molar-refractivity contribution >= 4 is 23.2 Å². The van der Waals surface area contributed by atoms with Crippen molar-refractivity contribution in [3.63, 3.8) is 0 Å². The number of amides is 2. The average molecular weight is 340 g/mol. The first-order chi connectivity index (χ1) is 11.9. The van der Waals surface area contributed by atoms with Gasteiger partial charge in [0.2, 0.25) is 11.8 Å². The van der Waals surface area contributed by atoms with Gasteiger partial charge in [0.15, 0.2) is 0 Å². The fourth-order valence-corrected chi connectivity index (χ4v) is 2.93. The van der Waals surface area contributed by atoms with Crippen LogP contribution in [0.15, 0.2) is 35.1 Å². The number of anilines is 2. The Morgan fingerprint density at radius 1 is 1.16 bits per heavy atom. The summed E-state index contributed by atoms with van der Waals surface area (Å²) < 4.78 is 1.23. The van der Waals surface area contributed by atoms with E-state index >= 15 is 0 Å². The van der Waals surface area contributed by atoms with E-state index in [0.717, 1.165) is 30.5 Å². The number of carbonyl (C=O) groups is 2. The minimum atomic E-state index is -0.733. The van der Waals surface area contributed by atoms with E-state index < -0.39 is 6.04 Å². The van der Waals surface area contributed by atoms with Gasteiger partial charge in [-0.15, -0.1) is 0 Å². The molecule has 25 heavy (non-hydrogen) atoms. The Labute approximate surface area is 145 Å². The summed E-state index contributed by atoms with van der Waals surface area (Å²) >= 11 is 0. The quantitative estimate of drug-likeness (QED) is 0.889. The molecule has 0 radical (unpaired) electrons. The van der Waals surface area contributed by atoms with E-state index in [0.29, 0.717) is 11.4 Å². The molecule has 0 fully saturated rings. The highest BCUT2D eigenvalue weighted by Gasteiger charge is 2.21. The predicted octanol–water partition coefficient (Wildman–Crippen LogP) is 1.89. The summed E-state index contributed by atoms with van der Waals surface area (Å²) in [6.07, 6.45) is 2.69. The first-order valence-electron chi connectivity index (χ1n) is 8.24. The molecular formula is C18H20N4O3. The van der Waals surface area contributed by atoms with Crippen LogP contribution in [0.4, 0.5) is 11.4 Å². The van der Waals surface area contributed by atoms with Gasteiger partial charge in [-0.3, -0.25) is 14.4 Å². The predicted molar refractivity (Wildman–Crippen MR) is 94.6 cm³/mol. The van der Waals surface area contributed by atoms with Crippen molar-refractivity contribution in [2.75, 3.05) is 10.6 Å². The lowest BCUT2D eigenvalue weighted by atomic mass is 10.2. The standard InChI is InChI=1S/C18H20N4O3/c1-11(22-17(24)9-13-5-3-8-16(13)21-22)18(25)20-15-7-4-6-14(10-15)19-12(2)23/h4,6-7,9-11H,3,5,8H2,1-2H3,(H,19,23)(H,20,25). The Morgan fingerprint density at radius 2 is 1.88 bits per heavy atom. The third-order valence-electron chi connectivity index (χ3n) is 4.18. The molecule has 2 amide bonds. The summed E-state index contributed by atoms with van der Waals surface area (Å²) in [7, 11) is 0. The van der Waals surface area contributed by atoms with Gasteiger partial charge in [0, 0.05) is 24.4 Å². The third kappa shape index (κ3) is 3.76. The Morgan fingerprint density at radius 3 is 2.60 bits per heavy atom. The molecule has 7 heteroatoms. The van der Waals surface area contributed by atoms with Gasteiger partial charge in [0.05, 0.1) is 5.69 Å². The van der Waals surface area contributed by atoms with Crippen LogP contribution in [-0.2, 0) is 22.4 Å². The lowest BCUT2D eigenvalue weighted by Crippen LogP contribution is -2.34. The van der Waals surface area contributed by atoms with Crippen molar-refractivity contribution in [1.82, 2.24) is 9.78 Å². The molecule has 1 aromatic heterocycles. The van der Waals surface area contributed by atoms with Gasteiger partial charge in [-0.05, 0) is 49.9 Å². The first kappa shape index (κ1) is 16.9. The number of nitrogens with one attached hydrogen (secondary N) is 2. The highest BCUT2D eigenvalue weighted by Crippen LogP contribution is 2.19.